The van der Waals surface area contributed by atoms with E-state index in [9.17, 15) is 9.59 Å². The van der Waals surface area contributed by atoms with Crippen molar-refractivity contribution < 1.29 is 0 Å². The van der Waals surface area contributed by atoms with Gasteiger partial charge in [-0.25, -0.2) is 0 Å². The van der Waals surface area contributed by atoms with Gasteiger partial charge in [-0.1, -0.05) is 0 Å². The molecule has 3 aromatic carbocycles. The summed E-state index contributed by atoms with van der Waals surface area (Å²) in [6.45, 7) is 0. The molecule has 0 amide bonds. The Bertz CT molecular complexity index is 2230. The minimum atomic E-state index is -0.397. The molecule has 7 nitrogen and oxygen atoms in total. The van der Waals surface area contributed by atoms with Gasteiger partial charge in [-0.3, -0.25) is 0 Å². The van der Waals surface area contributed by atoms with E-state index in [1.54, 1.807) is 20.2 Å². The van der Waals surface area contributed by atoms with Gasteiger partial charge in [0, 0.05) is 0 Å². The van der Waals surface area contributed by atoms with Crippen LogP contribution in [0.4, 0.5) is 0 Å². The van der Waals surface area contributed by atoms with Crippen LogP contribution >= 0.6 is 0 Å². The van der Waals surface area contributed by atoms with Crippen molar-refractivity contribution >= 4 is 54.6 Å². The zero-order valence-corrected chi connectivity index (χ0v) is 23.5. The second-order valence-electron chi connectivity index (χ2n) is 9.85. The fourth-order valence-corrected chi connectivity index (χ4v) is 8.16. The molecule has 0 atom stereocenters. The molecule has 0 spiro atoms. The van der Waals surface area contributed by atoms with E-state index in [0.717, 1.165) is 22.9 Å². The van der Waals surface area contributed by atoms with Crippen LogP contribution in [0.25, 0.3) is 44.7 Å². The Morgan fingerprint density at radius 3 is 2.17 bits per heavy atom. The third-order valence-electron chi connectivity index (χ3n) is 7.62. The van der Waals surface area contributed by atoms with Gasteiger partial charge in [0.25, 0.3) is 0 Å². The summed E-state index contributed by atoms with van der Waals surface area (Å²) >= 11 is 0.0177. The van der Waals surface area contributed by atoms with Crippen LogP contribution in [0.15, 0.2) is 87.4 Å². The van der Waals surface area contributed by atoms with Crippen molar-refractivity contribution in [1.82, 2.24) is 13.7 Å². The van der Waals surface area contributed by atoms with Crippen LogP contribution in [0.3, 0.4) is 0 Å². The van der Waals surface area contributed by atoms with Crippen LogP contribution < -0.4 is 21.8 Å². The first kappa shape index (κ1) is 24.3. The second kappa shape index (κ2) is 9.18. The van der Waals surface area contributed by atoms with Crippen LogP contribution in [0, 0.1) is 5.41 Å². The predicted molar refractivity (Wildman–Crippen MR) is 161 cm³/mol. The van der Waals surface area contributed by atoms with Crippen LogP contribution in [-0.2, 0) is 20.5 Å². The summed E-state index contributed by atoms with van der Waals surface area (Å²) in [5, 5.41) is 9.69. The molecule has 40 heavy (non-hydrogen) atoms. The van der Waals surface area contributed by atoms with Crippen LogP contribution in [0.5, 0.6) is 0 Å². The monoisotopic (exact) mass is 589 g/mol. The fraction of sp³-hybridized carbons (Fsp3) is 0.0938. The number of aromatic nitrogens is 3. The third-order valence-corrected chi connectivity index (χ3v) is 9.89. The SMILES string of the molecule is Cn1c(=O)c(=Cc2cc3c([se]2)Cc2cc(-n4c5ccccc5c5ccccc54)ccc2-3)c(=O)n(C)c1=C=NC=N. The molecule has 8 heteroatoms. The summed E-state index contributed by atoms with van der Waals surface area (Å²) in [6.07, 6.45) is 3.43. The Labute approximate surface area is 234 Å². The van der Waals surface area contributed by atoms with Crippen LogP contribution in [0.1, 0.15) is 14.4 Å². The molecule has 0 fully saturated rings. The number of rotatable bonds is 3. The van der Waals surface area contributed by atoms with Gasteiger partial charge in [0.15, 0.2) is 0 Å². The molecule has 6 aromatic rings. The molecule has 0 unspecified atom stereocenters. The van der Waals surface area contributed by atoms with Gasteiger partial charge < -0.3 is 0 Å². The summed E-state index contributed by atoms with van der Waals surface area (Å²) < 4.78 is 7.40. The fourth-order valence-electron chi connectivity index (χ4n) is 5.76. The normalized spacial score (nSPS) is 11.8. The van der Waals surface area contributed by atoms with Crippen molar-refractivity contribution in [3.05, 3.63) is 119 Å². The standard InChI is InChI=1S/C32H23N5O2Se/c1-35-30(17-34-18-33)36(2)32(39)26(31(35)38)16-21-15-25-22-12-11-20(13-19(22)14-29(25)40-21)37-27-9-5-3-7-23(27)24-8-4-6-10-28(24)37/h3-13,15-16,18,33H,14H2,1-2H3. The molecule has 3 aromatic heterocycles. The van der Waals surface area contributed by atoms with E-state index >= 15 is 0 Å². The number of hydrogen-bond donors (Lipinski definition) is 1. The third kappa shape index (κ3) is 3.58. The van der Waals surface area contributed by atoms with Crippen molar-refractivity contribution in [2.45, 2.75) is 6.42 Å². The first-order valence-electron chi connectivity index (χ1n) is 12.8. The van der Waals surface area contributed by atoms with E-state index < -0.39 is 11.1 Å². The Hall–Kier alpha value is -4.74. The average Bonchev–Trinajstić information content (AvgIpc) is 3.63. The molecule has 3 heterocycles. The van der Waals surface area contributed by atoms with Crippen LogP contribution in [0.2, 0.25) is 0 Å². The Kier molecular flexibility index (Phi) is 5.58. The molecule has 1 aliphatic carbocycles. The van der Waals surface area contributed by atoms with E-state index in [4.69, 9.17) is 5.41 Å². The van der Waals surface area contributed by atoms with Gasteiger partial charge in [0.1, 0.15) is 0 Å². The first-order valence-corrected chi connectivity index (χ1v) is 14.5. The second-order valence-corrected chi connectivity index (χ2v) is 12.3. The van der Waals surface area contributed by atoms with Crippen molar-refractivity contribution in [2.24, 2.45) is 19.1 Å². The number of aliphatic imine (C=N–C) groups is 1. The van der Waals surface area contributed by atoms with Crippen molar-refractivity contribution in [3.8, 4) is 16.8 Å². The maximum atomic E-state index is 13.0. The molecule has 7 rings (SSSR count). The topological polar surface area (TPSA) is 85.1 Å². The molecule has 0 saturated carbocycles. The Morgan fingerprint density at radius 1 is 0.875 bits per heavy atom. The van der Waals surface area contributed by atoms with Gasteiger partial charge in [0.2, 0.25) is 0 Å². The molecule has 0 bridgehead atoms. The number of benzene rings is 3. The predicted octanol–water partition coefficient (Wildman–Crippen LogP) is 2.59. The van der Waals surface area contributed by atoms with E-state index in [1.165, 1.54) is 52.1 Å². The number of fused-ring (bicyclic) bond motifs is 6. The number of nitrogens with zero attached hydrogens (tertiary/aromatic N) is 4. The van der Waals surface area contributed by atoms with Crippen molar-refractivity contribution in [2.75, 3.05) is 0 Å². The zero-order chi connectivity index (χ0) is 27.5. The summed E-state index contributed by atoms with van der Waals surface area (Å²) in [4.78, 5) is 29.7. The first-order chi connectivity index (χ1) is 19.5. The summed E-state index contributed by atoms with van der Waals surface area (Å²) in [7, 11) is 3.16. The van der Waals surface area contributed by atoms with E-state index in [1.807, 2.05) is 0 Å². The van der Waals surface area contributed by atoms with E-state index in [-0.39, 0.29) is 25.2 Å². The molecule has 0 radical (unpaired) electrons. The molecule has 0 saturated heterocycles. The molecule has 0 aliphatic heterocycles. The number of para-hydroxylation sites is 2. The van der Waals surface area contributed by atoms with Gasteiger partial charge in [-0.2, -0.15) is 0 Å². The Balaban J connectivity index is 1.33. The molecule has 194 valence electrons. The maximum absolute atomic E-state index is 13.0. The van der Waals surface area contributed by atoms with Gasteiger partial charge in [-0.05, 0) is 0 Å². The summed E-state index contributed by atoms with van der Waals surface area (Å²) in [5.74, 6) is 2.58. The van der Waals surface area contributed by atoms with Gasteiger partial charge in [-0.15, -0.1) is 0 Å². The van der Waals surface area contributed by atoms with Crippen molar-refractivity contribution in [1.29, 1.82) is 5.41 Å². The van der Waals surface area contributed by atoms with Gasteiger partial charge >= 0.3 is 235 Å². The molecule has 1 N–H and O–H groups in total. The molecule has 1 aliphatic rings. The van der Waals surface area contributed by atoms with E-state index in [0.29, 0.717) is 0 Å². The number of nitrogens with one attached hydrogen (secondary N) is 1. The quantitative estimate of drug-likeness (QED) is 0.196. The average molecular weight is 589 g/mol. The van der Waals surface area contributed by atoms with Crippen LogP contribution in [-0.4, -0.2) is 40.4 Å². The van der Waals surface area contributed by atoms with Crippen molar-refractivity contribution in [3.63, 3.8) is 0 Å². The summed E-state index contributed by atoms with van der Waals surface area (Å²) in [5.41, 5.74) is 6.70. The molecular formula is C32H23N5O2Se. The molecular weight excluding hydrogens is 565 g/mol. The summed E-state index contributed by atoms with van der Waals surface area (Å²) in [6, 6.07) is 25.9. The van der Waals surface area contributed by atoms with Gasteiger partial charge in [0.05, 0.1) is 0 Å². The number of hydrogen-bond acceptors (Lipinski definition) is 3. The van der Waals surface area contributed by atoms with E-state index in [2.05, 4.69) is 88.2 Å². The zero-order valence-electron chi connectivity index (χ0n) is 21.8. The Morgan fingerprint density at radius 2 is 1.52 bits per heavy atom. The minimum absolute atomic E-state index is 0.0177.